The van der Waals surface area contributed by atoms with Crippen molar-refractivity contribution in [2.75, 3.05) is 6.54 Å². The number of carboxylic acids is 1. The van der Waals surface area contributed by atoms with Gasteiger partial charge in [-0.3, -0.25) is 14.7 Å². The molecule has 1 aliphatic heterocycles. The zero-order chi connectivity index (χ0) is 14.8. The Hall–Kier alpha value is -1.98. The van der Waals surface area contributed by atoms with Crippen molar-refractivity contribution < 1.29 is 15.0 Å². The number of rotatable bonds is 3. The van der Waals surface area contributed by atoms with Gasteiger partial charge in [-0.05, 0) is 30.5 Å². The van der Waals surface area contributed by atoms with Crippen LogP contribution in [0.15, 0.2) is 36.5 Å². The van der Waals surface area contributed by atoms with Gasteiger partial charge in [-0.2, -0.15) is 0 Å². The predicted octanol–water partition coefficient (Wildman–Crippen LogP) is 1.64. The van der Waals surface area contributed by atoms with Crippen molar-refractivity contribution >= 4 is 16.9 Å². The van der Waals surface area contributed by atoms with E-state index >= 15 is 0 Å². The second-order valence-electron chi connectivity index (χ2n) is 5.49. The van der Waals surface area contributed by atoms with Crippen molar-refractivity contribution in [1.82, 2.24) is 9.88 Å². The molecule has 0 aliphatic carbocycles. The number of aliphatic hydroxyl groups is 1. The minimum Gasteiger partial charge on any atom is -0.480 e. The van der Waals surface area contributed by atoms with Crippen LogP contribution in [0.25, 0.3) is 10.9 Å². The number of hydrogen-bond donors (Lipinski definition) is 2. The second-order valence-corrected chi connectivity index (χ2v) is 5.49. The van der Waals surface area contributed by atoms with Crippen molar-refractivity contribution in [3.8, 4) is 0 Å². The lowest BCUT2D eigenvalue weighted by molar-refractivity contribution is -0.146. The second kappa shape index (κ2) is 5.79. The highest BCUT2D eigenvalue weighted by Crippen LogP contribution is 2.23. The Bertz CT molecular complexity index is 654. The maximum Gasteiger partial charge on any atom is 0.321 e. The van der Waals surface area contributed by atoms with E-state index in [4.69, 9.17) is 0 Å². The summed E-state index contributed by atoms with van der Waals surface area (Å²) < 4.78 is 0. The molecule has 0 radical (unpaired) electrons. The highest BCUT2D eigenvalue weighted by molar-refractivity contribution is 5.82. The van der Waals surface area contributed by atoms with Crippen LogP contribution in [0.4, 0.5) is 0 Å². The molecule has 1 aromatic carbocycles. The summed E-state index contributed by atoms with van der Waals surface area (Å²) in [5, 5.41) is 20.1. The van der Waals surface area contributed by atoms with Gasteiger partial charge in [0, 0.05) is 24.7 Å². The van der Waals surface area contributed by atoms with Crippen LogP contribution in [-0.4, -0.2) is 44.8 Å². The van der Waals surface area contributed by atoms with E-state index in [0.717, 1.165) is 16.5 Å². The molecule has 1 aliphatic rings. The number of benzene rings is 1. The molecule has 5 heteroatoms. The van der Waals surface area contributed by atoms with Gasteiger partial charge in [-0.25, -0.2) is 0 Å². The molecule has 5 nitrogen and oxygen atoms in total. The van der Waals surface area contributed by atoms with Crippen molar-refractivity contribution in [3.63, 3.8) is 0 Å². The summed E-state index contributed by atoms with van der Waals surface area (Å²) in [4.78, 5) is 17.7. The topological polar surface area (TPSA) is 73.7 Å². The first-order valence-corrected chi connectivity index (χ1v) is 7.12. The van der Waals surface area contributed by atoms with E-state index in [1.165, 1.54) is 0 Å². The number of pyridine rings is 1. The zero-order valence-electron chi connectivity index (χ0n) is 11.6. The standard InChI is InChI=1S/C16H18N2O3/c19-12-6-8-18(15(9-12)16(20)21)10-11-5-7-17-14-4-2-1-3-13(11)14/h1-5,7,12,15,19H,6,8-10H2,(H,20,21)/t12-,15+/m0/s1. The number of fused-ring (bicyclic) bond motifs is 1. The smallest absolute Gasteiger partial charge is 0.321 e. The number of aliphatic carboxylic acids is 1. The minimum atomic E-state index is -0.868. The van der Waals surface area contributed by atoms with Gasteiger partial charge in [0.15, 0.2) is 0 Å². The van der Waals surface area contributed by atoms with Gasteiger partial charge in [0.05, 0.1) is 11.6 Å². The fourth-order valence-electron chi connectivity index (χ4n) is 2.95. The molecule has 3 rings (SSSR count). The predicted molar refractivity (Wildman–Crippen MR) is 78.8 cm³/mol. The number of carboxylic acid groups (broad SMARTS) is 1. The maximum absolute atomic E-state index is 11.4. The summed E-state index contributed by atoms with van der Waals surface area (Å²) >= 11 is 0. The van der Waals surface area contributed by atoms with E-state index in [1.807, 2.05) is 35.2 Å². The van der Waals surface area contributed by atoms with Crippen LogP contribution in [0, 0.1) is 0 Å². The van der Waals surface area contributed by atoms with Gasteiger partial charge in [0.1, 0.15) is 6.04 Å². The zero-order valence-corrected chi connectivity index (χ0v) is 11.6. The Balaban J connectivity index is 1.88. The average Bonchev–Trinajstić information content (AvgIpc) is 2.49. The number of hydrogen-bond acceptors (Lipinski definition) is 4. The molecule has 1 fully saturated rings. The molecule has 0 unspecified atom stereocenters. The number of piperidine rings is 1. The largest absolute Gasteiger partial charge is 0.480 e. The molecule has 2 atom stereocenters. The van der Waals surface area contributed by atoms with Gasteiger partial charge in [0.2, 0.25) is 0 Å². The molecule has 21 heavy (non-hydrogen) atoms. The summed E-state index contributed by atoms with van der Waals surface area (Å²) in [6, 6.07) is 9.17. The Morgan fingerprint density at radius 2 is 2.14 bits per heavy atom. The molecule has 1 aromatic heterocycles. The first-order valence-electron chi connectivity index (χ1n) is 7.12. The molecule has 0 amide bonds. The average molecular weight is 286 g/mol. The van der Waals surface area contributed by atoms with Gasteiger partial charge >= 0.3 is 5.97 Å². The number of nitrogens with zero attached hydrogens (tertiary/aromatic N) is 2. The van der Waals surface area contributed by atoms with Crippen LogP contribution in [0.5, 0.6) is 0 Å². The van der Waals surface area contributed by atoms with Crippen molar-refractivity contribution in [2.24, 2.45) is 0 Å². The van der Waals surface area contributed by atoms with Crippen molar-refractivity contribution in [1.29, 1.82) is 0 Å². The normalized spacial score (nSPS) is 23.3. The lowest BCUT2D eigenvalue weighted by atomic mass is 9.98. The SMILES string of the molecule is O=C(O)[C@H]1C[C@@H](O)CCN1Cc1ccnc2ccccc12. The summed E-state index contributed by atoms with van der Waals surface area (Å²) in [5.74, 6) is -0.868. The van der Waals surface area contributed by atoms with E-state index < -0.39 is 18.1 Å². The number of para-hydroxylation sites is 1. The van der Waals surface area contributed by atoms with Crippen LogP contribution in [0.1, 0.15) is 18.4 Å². The van der Waals surface area contributed by atoms with Gasteiger partial charge in [0.25, 0.3) is 0 Å². The molecule has 2 heterocycles. The van der Waals surface area contributed by atoms with E-state index in [1.54, 1.807) is 6.20 Å². The van der Waals surface area contributed by atoms with Crippen LogP contribution in [0.3, 0.4) is 0 Å². The molecule has 2 aromatic rings. The number of aromatic nitrogens is 1. The third-order valence-electron chi connectivity index (χ3n) is 4.08. The Morgan fingerprint density at radius 1 is 1.33 bits per heavy atom. The van der Waals surface area contributed by atoms with E-state index in [0.29, 0.717) is 25.9 Å². The fraction of sp³-hybridized carbons (Fsp3) is 0.375. The molecule has 0 saturated carbocycles. The minimum absolute atomic E-state index is 0.290. The number of likely N-dealkylation sites (tertiary alicyclic amines) is 1. The Labute approximate surface area is 122 Å². The summed E-state index contributed by atoms with van der Waals surface area (Å²) in [7, 11) is 0. The molecule has 2 N–H and O–H groups in total. The van der Waals surface area contributed by atoms with Crippen LogP contribution in [0.2, 0.25) is 0 Å². The molecule has 1 saturated heterocycles. The first-order chi connectivity index (χ1) is 10.1. The molecule has 110 valence electrons. The number of carbonyl (C=O) groups is 1. The monoisotopic (exact) mass is 286 g/mol. The third kappa shape index (κ3) is 2.89. The number of aliphatic hydroxyl groups excluding tert-OH is 1. The van der Waals surface area contributed by atoms with Crippen molar-refractivity contribution in [3.05, 3.63) is 42.1 Å². The van der Waals surface area contributed by atoms with Crippen LogP contribution >= 0.6 is 0 Å². The van der Waals surface area contributed by atoms with Gasteiger partial charge in [-0.15, -0.1) is 0 Å². The lowest BCUT2D eigenvalue weighted by Gasteiger charge is -2.35. The van der Waals surface area contributed by atoms with Gasteiger partial charge < -0.3 is 10.2 Å². The first kappa shape index (κ1) is 14.0. The van der Waals surface area contributed by atoms with Crippen LogP contribution < -0.4 is 0 Å². The summed E-state index contributed by atoms with van der Waals surface area (Å²) in [6.45, 7) is 1.15. The Kier molecular flexibility index (Phi) is 3.86. The van der Waals surface area contributed by atoms with Gasteiger partial charge in [-0.1, -0.05) is 18.2 Å². The highest BCUT2D eigenvalue weighted by atomic mass is 16.4. The maximum atomic E-state index is 11.4. The van der Waals surface area contributed by atoms with E-state index in [-0.39, 0.29) is 0 Å². The van der Waals surface area contributed by atoms with Crippen LogP contribution in [-0.2, 0) is 11.3 Å². The summed E-state index contributed by atoms with van der Waals surface area (Å²) in [5.41, 5.74) is 1.99. The third-order valence-corrected chi connectivity index (χ3v) is 4.08. The quantitative estimate of drug-likeness (QED) is 0.897. The molecular formula is C16H18N2O3. The lowest BCUT2D eigenvalue weighted by Crippen LogP contribution is -2.48. The highest BCUT2D eigenvalue weighted by Gasteiger charge is 2.32. The molecule has 0 spiro atoms. The summed E-state index contributed by atoms with van der Waals surface area (Å²) in [6.07, 6.45) is 2.15. The molecular weight excluding hydrogens is 268 g/mol. The fourth-order valence-corrected chi connectivity index (χ4v) is 2.95. The van der Waals surface area contributed by atoms with E-state index in [2.05, 4.69) is 4.98 Å². The molecule has 0 bridgehead atoms. The Morgan fingerprint density at radius 3 is 2.95 bits per heavy atom. The van der Waals surface area contributed by atoms with Crippen molar-refractivity contribution in [2.45, 2.75) is 31.5 Å². The van der Waals surface area contributed by atoms with E-state index in [9.17, 15) is 15.0 Å².